The molecule has 3 aromatic heterocycles. The summed E-state index contributed by atoms with van der Waals surface area (Å²) in [6.45, 7) is 2.37. The molecule has 0 aromatic carbocycles. The fraction of sp³-hybridized carbons (Fsp3) is 0.429. The maximum atomic E-state index is 13.1. The van der Waals surface area contributed by atoms with Crippen molar-refractivity contribution in [3.8, 4) is 0 Å². The normalized spacial score (nSPS) is 18.7. The second kappa shape index (κ2) is 5.18. The molecule has 0 radical (unpaired) electrons. The highest BCUT2D eigenvalue weighted by Gasteiger charge is 2.37. The number of alkyl halides is 3. The van der Waals surface area contributed by atoms with Gasteiger partial charge < -0.3 is 9.42 Å². The molecule has 0 N–H and O–H groups in total. The first-order valence-electron chi connectivity index (χ1n) is 7.41. The molecule has 1 saturated heterocycles. The predicted molar refractivity (Wildman–Crippen MR) is 76.3 cm³/mol. The first kappa shape index (κ1) is 14.9. The number of rotatable bonds is 2. The number of fused-ring (bicyclic) bond motifs is 1. The number of aromatic nitrogens is 5. The number of nitrogens with zero attached hydrogens (tertiary/aromatic N) is 6. The van der Waals surface area contributed by atoms with E-state index in [1.165, 1.54) is 10.8 Å². The van der Waals surface area contributed by atoms with Crippen LogP contribution < -0.4 is 4.90 Å². The standard InChI is InChI=1S/C14H13F3N6O/c1-8-5-9(21-24-8)10-3-2-4-22(10)12-6-11(14(15,16)17)20-13-18-7-19-23(12)13/h5-7,10H,2-4H2,1H3. The van der Waals surface area contributed by atoms with E-state index in [0.717, 1.165) is 18.9 Å². The molecule has 4 heterocycles. The second-order valence-corrected chi connectivity index (χ2v) is 5.68. The molecule has 1 aliphatic heterocycles. The molecule has 4 rings (SSSR count). The zero-order chi connectivity index (χ0) is 16.9. The van der Waals surface area contributed by atoms with Gasteiger partial charge in [0, 0.05) is 18.7 Å². The molecule has 0 saturated carbocycles. The molecule has 7 nitrogen and oxygen atoms in total. The zero-order valence-electron chi connectivity index (χ0n) is 12.7. The Kier molecular flexibility index (Phi) is 3.22. The third-order valence-electron chi connectivity index (χ3n) is 4.06. The van der Waals surface area contributed by atoms with E-state index in [4.69, 9.17) is 4.52 Å². The summed E-state index contributed by atoms with van der Waals surface area (Å²) >= 11 is 0. The Bertz CT molecular complexity index is 886. The van der Waals surface area contributed by atoms with E-state index in [0.29, 0.717) is 23.8 Å². The fourth-order valence-electron chi connectivity index (χ4n) is 3.04. The van der Waals surface area contributed by atoms with Crippen molar-refractivity contribution in [3.63, 3.8) is 0 Å². The van der Waals surface area contributed by atoms with Crippen LogP contribution >= 0.6 is 0 Å². The van der Waals surface area contributed by atoms with Crippen LogP contribution in [0.5, 0.6) is 0 Å². The maximum Gasteiger partial charge on any atom is 0.433 e. The van der Waals surface area contributed by atoms with Crippen molar-refractivity contribution in [2.24, 2.45) is 0 Å². The van der Waals surface area contributed by atoms with E-state index in [1.54, 1.807) is 13.0 Å². The molecule has 1 fully saturated rings. The predicted octanol–water partition coefficient (Wildman–Crippen LogP) is 2.78. The van der Waals surface area contributed by atoms with Crippen LogP contribution in [0.15, 0.2) is 23.0 Å². The van der Waals surface area contributed by atoms with Crippen molar-refractivity contribution in [1.82, 2.24) is 24.7 Å². The molecule has 24 heavy (non-hydrogen) atoms. The molecular weight excluding hydrogens is 325 g/mol. The van der Waals surface area contributed by atoms with Gasteiger partial charge in [0.05, 0.1) is 6.04 Å². The lowest BCUT2D eigenvalue weighted by molar-refractivity contribution is -0.141. The average molecular weight is 338 g/mol. The van der Waals surface area contributed by atoms with Gasteiger partial charge in [-0.1, -0.05) is 5.16 Å². The lowest BCUT2D eigenvalue weighted by Gasteiger charge is -2.25. The van der Waals surface area contributed by atoms with E-state index >= 15 is 0 Å². The fourth-order valence-corrected chi connectivity index (χ4v) is 3.04. The van der Waals surface area contributed by atoms with Crippen molar-refractivity contribution in [2.45, 2.75) is 32.0 Å². The number of halogens is 3. The highest BCUT2D eigenvalue weighted by Crippen LogP contribution is 2.38. The Balaban J connectivity index is 1.84. The monoisotopic (exact) mass is 338 g/mol. The number of anilines is 1. The lowest BCUT2D eigenvalue weighted by atomic mass is 10.1. The minimum atomic E-state index is -4.55. The van der Waals surface area contributed by atoms with E-state index in [9.17, 15) is 13.2 Å². The number of aryl methyl sites for hydroxylation is 1. The van der Waals surface area contributed by atoms with Crippen LogP contribution in [0.4, 0.5) is 19.0 Å². The van der Waals surface area contributed by atoms with Gasteiger partial charge in [0.15, 0.2) is 5.69 Å². The summed E-state index contributed by atoms with van der Waals surface area (Å²) in [5.74, 6) is 0.878. The summed E-state index contributed by atoms with van der Waals surface area (Å²) in [5.41, 5.74) is -0.288. The second-order valence-electron chi connectivity index (χ2n) is 5.68. The Hall–Kier alpha value is -2.65. The Morgan fingerprint density at radius 2 is 2.12 bits per heavy atom. The molecule has 1 atom stereocenters. The summed E-state index contributed by atoms with van der Waals surface area (Å²) < 4.78 is 45.9. The zero-order valence-corrected chi connectivity index (χ0v) is 12.7. The van der Waals surface area contributed by atoms with E-state index in [2.05, 4.69) is 20.2 Å². The summed E-state index contributed by atoms with van der Waals surface area (Å²) in [5, 5.41) is 8.02. The van der Waals surface area contributed by atoms with Gasteiger partial charge in [-0.25, -0.2) is 4.98 Å². The lowest BCUT2D eigenvalue weighted by Crippen LogP contribution is -2.26. The van der Waals surface area contributed by atoms with Gasteiger partial charge in [-0.2, -0.15) is 27.8 Å². The van der Waals surface area contributed by atoms with Crippen LogP contribution in [-0.2, 0) is 6.18 Å². The van der Waals surface area contributed by atoms with Gasteiger partial charge in [-0.05, 0) is 19.8 Å². The van der Waals surface area contributed by atoms with E-state index in [-0.39, 0.29) is 11.8 Å². The van der Waals surface area contributed by atoms with Crippen LogP contribution in [0, 0.1) is 6.92 Å². The summed E-state index contributed by atoms with van der Waals surface area (Å²) in [7, 11) is 0. The molecule has 0 spiro atoms. The largest absolute Gasteiger partial charge is 0.433 e. The van der Waals surface area contributed by atoms with E-state index in [1.807, 2.05) is 4.90 Å². The van der Waals surface area contributed by atoms with Gasteiger partial charge in [0.2, 0.25) is 0 Å². The average Bonchev–Trinajstić information content (AvgIpc) is 3.24. The van der Waals surface area contributed by atoms with Crippen LogP contribution in [0.2, 0.25) is 0 Å². The van der Waals surface area contributed by atoms with Gasteiger partial charge in [-0.15, -0.1) is 0 Å². The topological polar surface area (TPSA) is 72.4 Å². The molecule has 1 aliphatic rings. The van der Waals surface area contributed by atoms with Crippen molar-refractivity contribution in [3.05, 3.63) is 35.6 Å². The van der Waals surface area contributed by atoms with Gasteiger partial charge in [0.25, 0.3) is 5.78 Å². The van der Waals surface area contributed by atoms with Crippen LogP contribution in [-0.4, -0.2) is 31.3 Å². The summed E-state index contributed by atoms with van der Waals surface area (Å²) in [6.07, 6.45) is -1.76. The van der Waals surface area contributed by atoms with Crippen molar-refractivity contribution in [2.75, 3.05) is 11.4 Å². The first-order valence-corrected chi connectivity index (χ1v) is 7.41. The van der Waals surface area contributed by atoms with Crippen LogP contribution in [0.1, 0.15) is 36.0 Å². The van der Waals surface area contributed by atoms with E-state index < -0.39 is 11.9 Å². The maximum absolute atomic E-state index is 13.1. The molecule has 0 bridgehead atoms. The molecule has 1 unspecified atom stereocenters. The molecular formula is C14H13F3N6O. The molecule has 3 aromatic rings. The summed E-state index contributed by atoms with van der Waals surface area (Å²) in [6, 6.07) is 2.64. The van der Waals surface area contributed by atoms with Gasteiger partial charge in [-0.3, -0.25) is 0 Å². The van der Waals surface area contributed by atoms with Gasteiger partial charge in [0.1, 0.15) is 23.6 Å². The van der Waals surface area contributed by atoms with Crippen LogP contribution in [0.25, 0.3) is 5.78 Å². The summed E-state index contributed by atoms with van der Waals surface area (Å²) in [4.78, 5) is 9.19. The Morgan fingerprint density at radius 3 is 2.83 bits per heavy atom. The minimum absolute atomic E-state index is 0.0817. The minimum Gasteiger partial charge on any atom is -0.361 e. The van der Waals surface area contributed by atoms with Gasteiger partial charge >= 0.3 is 6.18 Å². The Morgan fingerprint density at radius 1 is 1.29 bits per heavy atom. The smallest absolute Gasteiger partial charge is 0.361 e. The Labute approximate surface area is 134 Å². The third kappa shape index (κ3) is 2.38. The molecule has 10 heteroatoms. The first-order chi connectivity index (χ1) is 11.4. The third-order valence-corrected chi connectivity index (χ3v) is 4.06. The van der Waals surface area contributed by atoms with Crippen molar-refractivity contribution in [1.29, 1.82) is 0 Å². The van der Waals surface area contributed by atoms with Crippen molar-refractivity contribution < 1.29 is 17.7 Å². The molecule has 0 amide bonds. The van der Waals surface area contributed by atoms with Crippen molar-refractivity contribution >= 4 is 11.6 Å². The number of hydrogen-bond acceptors (Lipinski definition) is 6. The molecule has 126 valence electrons. The molecule has 0 aliphatic carbocycles. The highest BCUT2D eigenvalue weighted by molar-refractivity contribution is 5.50. The van der Waals surface area contributed by atoms with Crippen LogP contribution in [0.3, 0.4) is 0 Å². The highest BCUT2D eigenvalue weighted by atomic mass is 19.4. The SMILES string of the molecule is Cc1cc(C2CCCN2c2cc(C(F)(F)F)nc3ncnn23)no1. The quantitative estimate of drug-likeness (QED) is 0.715. The number of hydrogen-bond donors (Lipinski definition) is 0.